The minimum absolute atomic E-state index is 0.146. The van der Waals surface area contributed by atoms with Crippen molar-refractivity contribution >= 4 is 22.8 Å². The van der Waals surface area contributed by atoms with E-state index in [0.29, 0.717) is 45.1 Å². The summed E-state index contributed by atoms with van der Waals surface area (Å²) in [4.78, 5) is 28.8. The fourth-order valence-corrected chi connectivity index (χ4v) is 5.93. The molecule has 2 atom stereocenters. The van der Waals surface area contributed by atoms with E-state index in [1.165, 1.54) is 6.07 Å². The number of hydrogen-bond donors (Lipinski definition) is 3. The Hall–Kier alpha value is -4.32. The Morgan fingerprint density at radius 3 is 2.67 bits per heavy atom. The van der Waals surface area contributed by atoms with E-state index in [1.807, 2.05) is 12.1 Å². The Labute approximate surface area is 206 Å². The molecule has 8 nitrogen and oxygen atoms in total. The number of fused-ring (bicyclic) bond motifs is 4. The second kappa shape index (κ2) is 8.72. The molecule has 36 heavy (non-hydrogen) atoms. The third kappa shape index (κ3) is 3.75. The van der Waals surface area contributed by atoms with E-state index < -0.39 is 17.7 Å². The van der Waals surface area contributed by atoms with Crippen LogP contribution < -0.4 is 5.32 Å². The number of rotatable bonds is 5. The van der Waals surface area contributed by atoms with Crippen molar-refractivity contribution in [3.8, 4) is 28.7 Å². The number of nitrogens with one attached hydrogen (secondary N) is 2. The first-order chi connectivity index (χ1) is 17.5. The zero-order chi connectivity index (χ0) is 24.8. The van der Waals surface area contributed by atoms with E-state index in [-0.39, 0.29) is 17.9 Å². The molecule has 0 radical (unpaired) electrons. The van der Waals surface area contributed by atoms with Crippen LogP contribution in [-0.2, 0) is 4.79 Å². The minimum atomic E-state index is -0.788. The lowest BCUT2D eigenvalue weighted by Crippen LogP contribution is -2.51. The normalized spacial score (nSPS) is 22.9. The average Bonchev–Trinajstić information content (AvgIpc) is 3.32. The van der Waals surface area contributed by atoms with E-state index in [0.717, 1.165) is 31.9 Å². The quantitative estimate of drug-likeness (QED) is 0.365. The van der Waals surface area contributed by atoms with Crippen LogP contribution in [0.25, 0.3) is 33.7 Å². The molecular formula is C27H23FN6O2. The highest BCUT2D eigenvalue weighted by Crippen LogP contribution is 2.46. The molecule has 180 valence electrons. The van der Waals surface area contributed by atoms with E-state index in [2.05, 4.69) is 21.4 Å². The van der Waals surface area contributed by atoms with Crippen LogP contribution in [0.5, 0.6) is 0 Å². The molecule has 3 fully saturated rings. The molecule has 1 aromatic carbocycles. The Kier molecular flexibility index (Phi) is 5.37. The lowest BCUT2D eigenvalue weighted by atomic mass is 9.61. The number of nitriles is 1. The predicted octanol–water partition coefficient (Wildman–Crippen LogP) is 5.00. The number of halogens is 1. The van der Waals surface area contributed by atoms with Gasteiger partial charge in [-0.3, -0.25) is 4.79 Å². The number of nitrogens with zero attached hydrogens (tertiary/aromatic N) is 4. The molecule has 0 amide bonds. The van der Waals surface area contributed by atoms with Gasteiger partial charge in [-0.25, -0.2) is 19.3 Å². The fraction of sp³-hybridized carbons (Fsp3) is 0.296. The Balaban J connectivity index is 1.49. The first kappa shape index (κ1) is 22.2. The number of carbonyl (C=O) groups is 1. The fourth-order valence-electron chi connectivity index (χ4n) is 5.93. The Morgan fingerprint density at radius 2 is 1.89 bits per heavy atom. The van der Waals surface area contributed by atoms with Gasteiger partial charge in [0.05, 0.1) is 29.4 Å². The number of anilines is 1. The molecule has 0 aliphatic heterocycles. The largest absolute Gasteiger partial charge is 0.481 e. The predicted molar refractivity (Wildman–Crippen MR) is 131 cm³/mol. The molecule has 0 saturated heterocycles. The molecule has 7 rings (SSSR count). The summed E-state index contributed by atoms with van der Waals surface area (Å²) in [6.07, 6.45) is 6.66. The third-order valence-electron chi connectivity index (χ3n) is 7.61. The van der Waals surface area contributed by atoms with E-state index in [4.69, 9.17) is 9.97 Å². The van der Waals surface area contributed by atoms with Gasteiger partial charge < -0.3 is 15.4 Å². The maximum absolute atomic E-state index is 14.0. The van der Waals surface area contributed by atoms with Gasteiger partial charge in [0.25, 0.3) is 0 Å². The molecule has 0 spiro atoms. The van der Waals surface area contributed by atoms with Gasteiger partial charge in [0.15, 0.2) is 5.82 Å². The second-order valence-corrected chi connectivity index (χ2v) is 9.58. The van der Waals surface area contributed by atoms with E-state index in [9.17, 15) is 19.6 Å². The van der Waals surface area contributed by atoms with Gasteiger partial charge >= 0.3 is 5.97 Å². The molecule has 3 aromatic heterocycles. The first-order valence-electron chi connectivity index (χ1n) is 12.0. The van der Waals surface area contributed by atoms with Crippen LogP contribution in [0.15, 0.2) is 48.8 Å². The molecule has 3 N–H and O–H groups in total. The van der Waals surface area contributed by atoms with Gasteiger partial charge in [0.1, 0.15) is 17.3 Å². The maximum atomic E-state index is 14.0. The highest BCUT2D eigenvalue weighted by atomic mass is 19.1. The number of carboxylic acids is 1. The van der Waals surface area contributed by atoms with Crippen molar-refractivity contribution in [2.45, 2.75) is 31.7 Å². The van der Waals surface area contributed by atoms with Crippen molar-refractivity contribution in [3.05, 3.63) is 60.2 Å². The lowest BCUT2D eigenvalue weighted by Gasteiger charge is -2.47. The van der Waals surface area contributed by atoms with E-state index in [1.54, 1.807) is 24.4 Å². The van der Waals surface area contributed by atoms with Crippen LogP contribution in [0.1, 0.15) is 31.2 Å². The second-order valence-electron chi connectivity index (χ2n) is 9.58. The summed E-state index contributed by atoms with van der Waals surface area (Å²) in [7, 11) is 0. The SMILES string of the molecule is N#Cc1ccccc1-c1cc(NC2C3CCC(CC3)C2C(=O)O)nc(-c2c[nH]c3ncc(F)cc23)n1. The van der Waals surface area contributed by atoms with Crippen LogP contribution in [0, 0.1) is 34.9 Å². The molecule has 3 saturated carbocycles. The summed E-state index contributed by atoms with van der Waals surface area (Å²) < 4.78 is 14.0. The molecule has 3 heterocycles. The Morgan fingerprint density at radius 1 is 1.11 bits per heavy atom. The number of hydrogen-bond acceptors (Lipinski definition) is 6. The summed E-state index contributed by atoms with van der Waals surface area (Å²) >= 11 is 0. The van der Waals surface area contributed by atoms with Crippen molar-refractivity contribution in [1.29, 1.82) is 5.26 Å². The number of carboxylic acid groups (broad SMARTS) is 1. The summed E-state index contributed by atoms with van der Waals surface area (Å²) in [5.41, 5.74) is 2.68. The molecule has 3 aliphatic rings. The number of benzene rings is 1. The zero-order valence-corrected chi connectivity index (χ0v) is 19.3. The van der Waals surface area contributed by atoms with Gasteiger partial charge in [-0.2, -0.15) is 5.26 Å². The number of pyridine rings is 1. The highest BCUT2D eigenvalue weighted by molar-refractivity contribution is 5.92. The van der Waals surface area contributed by atoms with Gasteiger partial charge in [0.2, 0.25) is 0 Å². The maximum Gasteiger partial charge on any atom is 0.308 e. The summed E-state index contributed by atoms with van der Waals surface area (Å²) in [6.45, 7) is 0. The third-order valence-corrected chi connectivity index (χ3v) is 7.61. The first-order valence-corrected chi connectivity index (χ1v) is 12.0. The van der Waals surface area contributed by atoms with Crippen LogP contribution in [-0.4, -0.2) is 37.1 Å². The monoisotopic (exact) mass is 482 g/mol. The van der Waals surface area contributed by atoms with E-state index >= 15 is 0 Å². The van der Waals surface area contributed by atoms with Gasteiger partial charge in [-0.15, -0.1) is 0 Å². The Bertz CT molecular complexity index is 1520. The highest BCUT2D eigenvalue weighted by Gasteiger charge is 2.47. The molecule has 4 aromatic rings. The van der Waals surface area contributed by atoms with Gasteiger partial charge in [-0.05, 0) is 49.7 Å². The topological polar surface area (TPSA) is 128 Å². The number of H-pyrrole nitrogens is 1. The van der Waals surface area contributed by atoms with Crippen LogP contribution in [0.2, 0.25) is 0 Å². The molecule has 2 bridgehead atoms. The van der Waals surface area contributed by atoms with Crippen LogP contribution in [0.3, 0.4) is 0 Å². The molecule has 3 aliphatic carbocycles. The summed E-state index contributed by atoms with van der Waals surface area (Å²) in [6, 6.07) is 12.2. The standard InChI is InChI=1S/C27H23FN6O2/c28-17-9-19-20(13-31-25(19)30-12-17)26-32-21(18-4-2-1-3-16(18)11-29)10-22(34-26)33-24-15-7-5-14(6-8-15)23(24)27(35)36/h1-4,9-10,12-15,23-24H,5-8H2,(H,30,31)(H,35,36)(H,32,33,34). The minimum Gasteiger partial charge on any atom is -0.481 e. The van der Waals surface area contributed by atoms with Crippen molar-refractivity contribution in [3.63, 3.8) is 0 Å². The number of aliphatic carboxylic acids is 1. The molecule has 9 heteroatoms. The van der Waals surface area contributed by atoms with Crippen molar-refractivity contribution < 1.29 is 14.3 Å². The summed E-state index contributed by atoms with van der Waals surface area (Å²) in [5.74, 6) is -0.556. The number of aromatic amines is 1. The van der Waals surface area contributed by atoms with Crippen LogP contribution in [0.4, 0.5) is 10.2 Å². The number of aromatic nitrogens is 4. The zero-order valence-electron chi connectivity index (χ0n) is 19.3. The van der Waals surface area contributed by atoms with Crippen molar-refractivity contribution in [2.24, 2.45) is 17.8 Å². The molecule has 2 unspecified atom stereocenters. The van der Waals surface area contributed by atoms with Crippen molar-refractivity contribution in [1.82, 2.24) is 19.9 Å². The summed E-state index contributed by atoms with van der Waals surface area (Å²) in [5, 5.41) is 23.6. The average molecular weight is 483 g/mol. The van der Waals surface area contributed by atoms with Crippen LogP contribution >= 0.6 is 0 Å². The molecular weight excluding hydrogens is 459 g/mol. The van der Waals surface area contributed by atoms with Crippen molar-refractivity contribution in [2.75, 3.05) is 5.32 Å². The smallest absolute Gasteiger partial charge is 0.308 e. The lowest BCUT2D eigenvalue weighted by molar-refractivity contribution is -0.148. The van der Waals surface area contributed by atoms with Gasteiger partial charge in [0, 0.05) is 34.8 Å². The van der Waals surface area contributed by atoms with Gasteiger partial charge in [-0.1, -0.05) is 18.2 Å².